The van der Waals surface area contributed by atoms with E-state index < -0.39 is 0 Å². The highest BCUT2D eigenvalue weighted by Gasteiger charge is 2.15. The van der Waals surface area contributed by atoms with Crippen LogP contribution in [-0.4, -0.2) is 10.3 Å². The molecule has 0 bridgehead atoms. The van der Waals surface area contributed by atoms with E-state index in [4.69, 9.17) is 0 Å². The largest absolute Gasteiger partial charge is 0.222 e. The van der Waals surface area contributed by atoms with Gasteiger partial charge in [-0.3, -0.25) is 0 Å². The van der Waals surface area contributed by atoms with Crippen molar-refractivity contribution < 1.29 is 4.68 Å². The number of aromatic nitrogens is 3. The fourth-order valence-electron chi connectivity index (χ4n) is 2.60. The molecule has 0 saturated carbocycles. The van der Waals surface area contributed by atoms with E-state index in [1.165, 1.54) is 27.4 Å². The fraction of sp³-hybridized carbons (Fsp3) is 0.267. The van der Waals surface area contributed by atoms with Gasteiger partial charge in [0.05, 0.1) is 10.5 Å². The molecule has 3 nitrogen and oxygen atoms in total. The standard InChI is InChI=1S/C15H16N3/c1-4-14-13-9-8-11-10(2)6-5-7-12(11)15(13)16-17-18(14)3/h5-9H,4H2,1-3H3/q+1. The number of aryl methyl sites for hydroxylation is 3. The van der Waals surface area contributed by atoms with Gasteiger partial charge in [-0.1, -0.05) is 25.1 Å². The summed E-state index contributed by atoms with van der Waals surface area (Å²) in [5, 5.41) is 12.2. The first-order chi connectivity index (χ1) is 8.72. The highest BCUT2D eigenvalue weighted by Crippen LogP contribution is 2.26. The van der Waals surface area contributed by atoms with Crippen molar-refractivity contribution in [2.45, 2.75) is 20.3 Å². The Morgan fingerprint density at radius 3 is 2.61 bits per heavy atom. The number of fused-ring (bicyclic) bond motifs is 3. The van der Waals surface area contributed by atoms with Gasteiger partial charge in [-0.05, 0) is 30.0 Å². The SMILES string of the molecule is CCc1c2ccc3c(C)cccc3c2nn[n+]1C. The molecule has 0 aliphatic heterocycles. The number of rotatable bonds is 1. The van der Waals surface area contributed by atoms with Crippen molar-refractivity contribution in [1.82, 2.24) is 10.3 Å². The number of benzene rings is 2. The van der Waals surface area contributed by atoms with Crippen LogP contribution in [0.25, 0.3) is 21.7 Å². The van der Waals surface area contributed by atoms with E-state index in [9.17, 15) is 0 Å². The smallest absolute Gasteiger partial charge is 0.137 e. The quantitative estimate of drug-likeness (QED) is 0.481. The molecule has 18 heavy (non-hydrogen) atoms. The fourth-order valence-corrected chi connectivity index (χ4v) is 2.60. The van der Waals surface area contributed by atoms with Gasteiger partial charge in [0.15, 0.2) is 0 Å². The Morgan fingerprint density at radius 2 is 1.83 bits per heavy atom. The highest BCUT2D eigenvalue weighted by molar-refractivity contribution is 6.06. The van der Waals surface area contributed by atoms with Crippen molar-refractivity contribution in [3.8, 4) is 0 Å². The van der Waals surface area contributed by atoms with Crippen molar-refractivity contribution in [2.24, 2.45) is 7.05 Å². The van der Waals surface area contributed by atoms with Crippen molar-refractivity contribution in [1.29, 1.82) is 0 Å². The van der Waals surface area contributed by atoms with Crippen LogP contribution < -0.4 is 4.68 Å². The summed E-state index contributed by atoms with van der Waals surface area (Å²) in [6.45, 7) is 4.28. The zero-order valence-electron chi connectivity index (χ0n) is 10.9. The van der Waals surface area contributed by atoms with Gasteiger partial charge in [0, 0.05) is 11.8 Å². The van der Waals surface area contributed by atoms with Crippen molar-refractivity contribution in [3.63, 3.8) is 0 Å². The lowest BCUT2D eigenvalue weighted by Gasteiger charge is -2.04. The zero-order chi connectivity index (χ0) is 12.7. The summed E-state index contributed by atoms with van der Waals surface area (Å²) in [5.41, 5.74) is 3.51. The molecule has 3 heteroatoms. The summed E-state index contributed by atoms with van der Waals surface area (Å²) in [5.74, 6) is 0. The molecular formula is C15H16N3+. The van der Waals surface area contributed by atoms with E-state index in [1.54, 1.807) is 0 Å². The van der Waals surface area contributed by atoms with Crippen LogP contribution in [0.5, 0.6) is 0 Å². The Morgan fingerprint density at radius 1 is 1.06 bits per heavy atom. The minimum Gasteiger partial charge on any atom is -0.137 e. The molecule has 0 aliphatic rings. The van der Waals surface area contributed by atoms with Gasteiger partial charge in [-0.15, -0.1) is 4.68 Å². The van der Waals surface area contributed by atoms with E-state index >= 15 is 0 Å². The van der Waals surface area contributed by atoms with E-state index in [0.29, 0.717) is 0 Å². The number of hydrogen-bond acceptors (Lipinski definition) is 2. The molecule has 0 N–H and O–H groups in total. The Bertz CT molecular complexity index is 747. The molecule has 0 unspecified atom stereocenters. The Labute approximate surface area is 106 Å². The van der Waals surface area contributed by atoms with E-state index in [2.05, 4.69) is 54.5 Å². The molecular weight excluding hydrogens is 222 g/mol. The highest BCUT2D eigenvalue weighted by atomic mass is 15.4. The summed E-state index contributed by atoms with van der Waals surface area (Å²) < 4.78 is 1.87. The van der Waals surface area contributed by atoms with Crippen LogP contribution in [0.3, 0.4) is 0 Å². The monoisotopic (exact) mass is 238 g/mol. The first kappa shape index (κ1) is 11.1. The molecule has 1 aromatic heterocycles. The lowest BCUT2D eigenvalue weighted by molar-refractivity contribution is -0.741. The van der Waals surface area contributed by atoms with Crippen LogP contribution in [0.15, 0.2) is 30.3 Å². The van der Waals surface area contributed by atoms with E-state index in [-0.39, 0.29) is 0 Å². The van der Waals surface area contributed by atoms with E-state index in [1.807, 2.05) is 11.7 Å². The van der Waals surface area contributed by atoms with Gasteiger partial charge < -0.3 is 0 Å². The molecule has 0 fully saturated rings. The predicted molar refractivity (Wildman–Crippen MR) is 72.3 cm³/mol. The summed E-state index contributed by atoms with van der Waals surface area (Å²) in [6.07, 6.45) is 0.958. The Hall–Kier alpha value is -2.03. The third-order valence-corrected chi connectivity index (χ3v) is 3.57. The van der Waals surface area contributed by atoms with Crippen LogP contribution in [0.4, 0.5) is 0 Å². The molecule has 0 spiro atoms. The lowest BCUT2D eigenvalue weighted by Crippen LogP contribution is -2.38. The van der Waals surface area contributed by atoms with Gasteiger partial charge in [-0.2, -0.15) is 0 Å². The number of hydrogen-bond donors (Lipinski definition) is 0. The average Bonchev–Trinajstić information content (AvgIpc) is 2.38. The Balaban J connectivity index is 2.53. The van der Waals surface area contributed by atoms with E-state index in [0.717, 1.165) is 11.9 Å². The molecule has 0 radical (unpaired) electrons. The summed E-state index contributed by atoms with van der Waals surface area (Å²) in [6, 6.07) is 10.7. The van der Waals surface area contributed by atoms with Crippen molar-refractivity contribution >= 4 is 21.7 Å². The van der Waals surface area contributed by atoms with Crippen LogP contribution in [-0.2, 0) is 13.5 Å². The van der Waals surface area contributed by atoms with Crippen LogP contribution >= 0.6 is 0 Å². The molecule has 0 aliphatic carbocycles. The molecule has 0 atom stereocenters. The topological polar surface area (TPSA) is 29.7 Å². The lowest BCUT2D eigenvalue weighted by atomic mass is 10.0. The molecule has 0 amide bonds. The van der Waals surface area contributed by atoms with Gasteiger partial charge in [0.1, 0.15) is 18.0 Å². The normalized spacial score (nSPS) is 11.3. The minimum atomic E-state index is 0.958. The molecule has 90 valence electrons. The maximum Gasteiger partial charge on any atom is 0.222 e. The summed E-state index contributed by atoms with van der Waals surface area (Å²) in [7, 11) is 1.95. The Kier molecular flexibility index (Phi) is 2.47. The van der Waals surface area contributed by atoms with Gasteiger partial charge in [-0.25, -0.2) is 0 Å². The maximum atomic E-state index is 4.37. The third kappa shape index (κ3) is 1.47. The first-order valence-electron chi connectivity index (χ1n) is 6.26. The van der Waals surface area contributed by atoms with Gasteiger partial charge in [0.2, 0.25) is 5.52 Å². The third-order valence-electron chi connectivity index (χ3n) is 3.57. The summed E-state index contributed by atoms with van der Waals surface area (Å²) in [4.78, 5) is 0. The molecule has 1 heterocycles. The molecule has 2 aromatic carbocycles. The van der Waals surface area contributed by atoms with Crippen molar-refractivity contribution in [3.05, 3.63) is 41.6 Å². The second kappa shape index (κ2) is 4.02. The van der Waals surface area contributed by atoms with Crippen molar-refractivity contribution in [2.75, 3.05) is 0 Å². The molecule has 3 aromatic rings. The molecule has 3 rings (SSSR count). The van der Waals surface area contributed by atoms with Crippen LogP contribution in [0.1, 0.15) is 18.2 Å². The second-order valence-electron chi connectivity index (χ2n) is 4.65. The average molecular weight is 238 g/mol. The number of nitrogens with zero attached hydrogens (tertiary/aromatic N) is 3. The summed E-state index contributed by atoms with van der Waals surface area (Å²) >= 11 is 0. The van der Waals surface area contributed by atoms with Gasteiger partial charge in [0.25, 0.3) is 0 Å². The zero-order valence-corrected chi connectivity index (χ0v) is 10.9. The van der Waals surface area contributed by atoms with Gasteiger partial charge >= 0.3 is 0 Å². The minimum absolute atomic E-state index is 0.958. The molecule has 0 saturated heterocycles. The van der Waals surface area contributed by atoms with Crippen LogP contribution in [0, 0.1) is 6.92 Å². The first-order valence-corrected chi connectivity index (χ1v) is 6.26. The van der Waals surface area contributed by atoms with Crippen LogP contribution in [0.2, 0.25) is 0 Å². The second-order valence-corrected chi connectivity index (χ2v) is 4.65. The maximum absolute atomic E-state index is 4.37. The predicted octanol–water partition coefficient (Wildman–Crippen LogP) is 2.48.